The summed E-state index contributed by atoms with van der Waals surface area (Å²) in [5, 5.41) is 23.9. The second kappa shape index (κ2) is 6.11. The van der Waals surface area contributed by atoms with Crippen LogP contribution in [0.15, 0.2) is 58.9 Å². The molecule has 4 N–H and O–H groups in total. The summed E-state index contributed by atoms with van der Waals surface area (Å²) in [7, 11) is 0. The van der Waals surface area contributed by atoms with Crippen LogP contribution in [0.3, 0.4) is 0 Å². The monoisotopic (exact) mass is 264 g/mol. The molecule has 0 aromatic heterocycles. The van der Waals surface area contributed by atoms with Gasteiger partial charge in [-0.3, -0.25) is 10.8 Å². The third-order valence-electron chi connectivity index (χ3n) is 2.51. The fraction of sp³-hybridized carbons (Fsp3) is 0. The van der Waals surface area contributed by atoms with Gasteiger partial charge >= 0.3 is 0 Å². The van der Waals surface area contributed by atoms with E-state index in [2.05, 4.69) is 15.8 Å². The van der Waals surface area contributed by atoms with Crippen LogP contribution in [0.4, 0.5) is 11.4 Å². The Bertz CT molecular complexity index is 682. The maximum atomic E-state index is 8.78. The summed E-state index contributed by atoms with van der Waals surface area (Å²) in [6.45, 7) is 0. The topological polar surface area (TPSA) is 110 Å². The lowest BCUT2D eigenvalue weighted by molar-refractivity contribution is 1.13. The van der Waals surface area contributed by atoms with E-state index >= 15 is 0 Å². The fourth-order valence-corrected chi connectivity index (χ4v) is 1.51. The maximum Gasteiger partial charge on any atom is 0.122 e. The molecule has 2 rings (SSSR count). The lowest BCUT2D eigenvalue weighted by atomic mass is 10.2. The van der Waals surface area contributed by atoms with Crippen molar-refractivity contribution in [3.8, 4) is 6.07 Å². The number of hydrogen-bond donors (Lipinski definition) is 3. The molecule has 0 saturated heterocycles. The summed E-state index contributed by atoms with van der Waals surface area (Å²) in [4.78, 5) is 0. The highest BCUT2D eigenvalue weighted by Crippen LogP contribution is 2.14. The van der Waals surface area contributed by atoms with E-state index in [1.807, 2.05) is 6.07 Å². The van der Waals surface area contributed by atoms with Crippen LogP contribution in [0.25, 0.3) is 0 Å². The van der Waals surface area contributed by atoms with Gasteiger partial charge in [-0.05, 0) is 42.5 Å². The number of nitrogen functional groups attached to an aromatic ring is 1. The Labute approximate surface area is 116 Å². The van der Waals surface area contributed by atoms with Crippen LogP contribution in [-0.4, -0.2) is 5.84 Å². The van der Waals surface area contributed by atoms with E-state index in [-0.39, 0.29) is 5.84 Å². The molecular formula is C14H12N6. The van der Waals surface area contributed by atoms with Crippen molar-refractivity contribution >= 4 is 17.2 Å². The van der Waals surface area contributed by atoms with E-state index in [0.717, 1.165) is 0 Å². The molecule has 6 nitrogen and oxygen atoms in total. The van der Waals surface area contributed by atoms with Crippen LogP contribution < -0.4 is 11.2 Å². The van der Waals surface area contributed by atoms with Gasteiger partial charge in [-0.25, -0.2) is 0 Å². The quantitative estimate of drug-likeness (QED) is 0.341. The van der Waals surface area contributed by atoms with Crippen LogP contribution >= 0.6 is 0 Å². The first-order chi connectivity index (χ1) is 9.69. The van der Waals surface area contributed by atoms with Crippen LogP contribution in [0.5, 0.6) is 0 Å². The van der Waals surface area contributed by atoms with Gasteiger partial charge < -0.3 is 5.73 Å². The number of benzene rings is 2. The minimum absolute atomic E-state index is 0.0138. The molecule has 0 spiro atoms. The highest BCUT2D eigenvalue weighted by molar-refractivity contribution is 5.95. The van der Waals surface area contributed by atoms with Crippen molar-refractivity contribution in [2.45, 2.75) is 0 Å². The molecule has 0 fully saturated rings. The van der Waals surface area contributed by atoms with Gasteiger partial charge in [0.05, 0.1) is 23.0 Å². The van der Waals surface area contributed by atoms with Gasteiger partial charge in [-0.2, -0.15) is 5.26 Å². The molecule has 0 saturated carbocycles. The summed E-state index contributed by atoms with van der Waals surface area (Å²) in [5.41, 5.74) is 10.6. The summed E-state index contributed by atoms with van der Waals surface area (Å²) in [5.74, 6) is 0.0138. The van der Waals surface area contributed by atoms with Crippen LogP contribution in [0.1, 0.15) is 11.1 Å². The molecule has 20 heavy (non-hydrogen) atoms. The number of rotatable bonds is 4. The minimum atomic E-state index is 0.0138. The Balaban J connectivity index is 2.02. The van der Waals surface area contributed by atoms with Gasteiger partial charge in [-0.15, -0.1) is 5.11 Å². The molecule has 0 aliphatic rings. The summed E-state index contributed by atoms with van der Waals surface area (Å²) >= 11 is 0. The summed E-state index contributed by atoms with van der Waals surface area (Å²) in [6, 6.07) is 15.8. The Morgan fingerprint density at radius 1 is 1.20 bits per heavy atom. The van der Waals surface area contributed by atoms with Gasteiger partial charge in [0.15, 0.2) is 0 Å². The molecule has 0 heterocycles. The average Bonchev–Trinajstić information content (AvgIpc) is 2.48. The standard InChI is InChI=1S/C14H12N6/c15-9-10-2-1-3-13(8-10)19-20-18-12-6-4-11(5-7-12)14(16)17/h1-8H,(H3,16,17)(H,18,19). The number of nitriles is 1. The predicted octanol–water partition coefficient (Wildman–Crippen LogP) is 2.95. The largest absolute Gasteiger partial charge is 0.384 e. The Kier molecular flexibility index (Phi) is 4.04. The molecule has 0 unspecified atom stereocenters. The minimum Gasteiger partial charge on any atom is -0.384 e. The van der Waals surface area contributed by atoms with Gasteiger partial charge in [-0.1, -0.05) is 11.3 Å². The molecule has 0 aliphatic heterocycles. The number of nitrogens with zero attached hydrogens (tertiary/aromatic N) is 3. The predicted molar refractivity (Wildman–Crippen MR) is 76.8 cm³/mol. The van der Waals surface area contributed by atoms with Gasteiger partial charge in [0, 0.05) is 5.56 Å². The molecule has 6 heteroatoms. The fourth-order valence-electron chi connectivity index (χ4n) is 1.51. The first-order valence-electron chi connectivity index (χ1n) is 5.80. The van der Waals surface area contributed by atoms with Crippen molar-refractivity contribution in [1.29, 1.82) is 10.7 Å². The SMILES string of the molecule is N#Cc1cccc(NN=Nc2ccc(C(=N)N)cc2)c1. The van der Waals surface area contributed by atoms with E-state index in [4.69, 9.17) is 16.4 Å². The Morgan fingerprint density at radius 3 is 2.60 bits per heavy atom. The molecular weight excluding hydrogens is 252 g/mol. The zero-order valence-corrected chi connectivity index (χ0v) is 10.5. The molecule has 2 aromatic carbocycles. The molecule has 0 atom stereocenters. The third-order valence-corrected chi connectivity index (χ3v) is 2.51. The van der Waals surface area contributed by atoms with Gasteiger partial charge in [0.2, 0.25) is 0 Å². The van der Waals surface area contributed by atoms with Crippen molar-refractivity contribution in [3.63, 3.8) is 0 Å². The normalized spacial score (nSPS) is 10.2. The van der Waals surface area contributed by atoms with Crippen molar-refractivity contribution in [2.24, 2.45) is 16.1 Å². The smallest absolute Gasteiger partial charge is 0.122 e. The number of anilines is 1. The molecule has 0 amide bonds. The molecule has 98 valence electrons. The second-order valence-corrected chi connectivity index (χ2v) is 3.96. The lowest BCUT2D eigenvalue weighted by Crippen LogP contribution is -2.10. The van der Waals surface area contributed by atoms with Crippen molar-refractivity contribution in [1.82, 2.24) is 0 Å². The van der Waals surface area contributed by atoms with Crippen LogP contribution in [0, 0.1) is 16.7 Å². The molecule has 0 aliphatic carbocycles. The van der Waals surface area contributed by atoms with E-state index in [1.165, 1.54) is 0 Å². The van der Waals surface area contributed by atoms with E-state index < -0.39 is 0 Å². The first kappa shape index (κ1) is 13.2. The van der Waals surface area contributed by atoms with Crippen molar-refractivity contribution in [2.75, 3.05) is 5.43 Å². The van der Waals surface area contributed by atoms with Crippen LogP contribution in [0.2, 0.25) is 0 Å². The van der Waals surface area contributed by atoms with Gasteiger partial charge in [0.25, 0.3) is 0 Å². The third kappa shape index (κ3) is 3.40. The Hall–Kier alpha value is -3.20. The van der Waals surface area contributed by atoms with Gasteiger partial charge in [0.1, 0.15) is 5.84 Å². The molecule has 2 aromatic rings. The molecule has 0 radical (unpaired) electrons. The number of amidine groups is 1. The molecule has 0 bridgehead atoms. The number of nitrogens with two attached hydrogens (primary N) is 1. The summed E-state index contributed by atoms with van der Waals surface area (Å²) in [6.07, 6.45) is 0. The van der Waals surface area contributed by atoms with Crippen molar-refractivity contribution in [3.05, 3.63) is 59.7 Å². The van der Waals surface area contributed by atoms with Crippen molar-refractivity contribution < 1.29 is 0 Å². The van der Waals surface area contributed by atoms with E-state index in [0.29, 0.717) is 22.5 Å². The van der Waals surface area contributed by atoms with Crippen LogP contribution in [-0.2, 0) is 0 Å². The zero-order chi connectivity index (χ0) is 14.4. The highest BCUT2D eigenvalue weighted by atomic mass is 15.4. The zero-order valence-electron chi connectivity index (χ0n) is 10.5. The van der Waals surface area contributed by atoms with E-state index in [9.17, 15) is 0 Å². The average molecular weight is 264 g/mol. The first-order valence-corrected chi connectivity index (χ1v) is 5.80. The maximum absolute atomic E-state index is 8.78. The summed E-state index contributed by atoms with van der Waals surface area (Å²) < 4.78 is 0. The Morgan fingerprint density at radius 2 is 1.95 bits per heavy atom. The second-order valence-electron chi connectivity index (χ2n) is 3.96. The lowest BCUT2D eigenvalue weighted by Gasteiger charge is -2.00. The highest BCUT2D eigenvalue weighted by Gasteiger charge is 1.96. The number of hydrogen-bond acceptors (Lipinski definition) is 4. The number of nitrogens with one attached hydrogen (secondary N) is 2. The van der Waals surface area contributed by atoms with E-state index in [1.54, 1.807) is 48.5 Å².